The maximum absolute atomic E-state index is 13.9. The maximum Gasteiger partial charge on any atom is 0.270 e. The van der Waals surface area contributed by atoms with Gasteiger partial charge < -0.3 is 14.8 Å². The molecule has 3 heterocycles. The quantitative estimate of drug-likeness (QED) is 0.862. The van der Waals surface area contributed by atoms with E-state index in [2.05, 4.69) is 5.32 Å². The summed E-state index contributed by atoms with van der Waals surface area (Å²) in [5.41, 5.74) is 0.521. The van der Waals surface area contributed by atoms with Crippen LogP contribution in [0.1, 0.15) is 48.7 Å². The zero-order valence-electron chi connectivity index (χ0n) is 16.3. The fourth-order valence-electron chi connectivity index (χ4n) is 5.08. The summed E-state index contributed by atoms with van der Waals surface area (Å²) in [6, 6.07) is 10.1. The zero-order valence-corrected chi connectivity index (χ0v) is 16.3. The van der Waals surface area contributed by atoms with Crippen LogP contribution in [-0.2, 0) is 18.4 Å². The van der Waals surface area contributed by atoms with Crippen molar-refractivity contribution < 1.29 is 14.0 Å². The molecule has 5 nitrogen and oxygen atoms in total. The molecule has 1 aromatic heterocycles. The standard InChI is InChI=1S/C22H26FN3O2/c1-3-22(21(28)24-14-15-7-4-5-8-17(15)23)13-16-10-11-19(22)26(16)20(27)18-9-6-12-25(18)2/h4-9,12,16,19H,3,10-11,13-14H2,1-2H3,(H,24,28)/t16-,19+,22+/m0/s1. The third kappa shape index (κ3) is 2.82. The molecule has 3 atom stereocenters. The van der Waals surface area contributed by atoms with Crippen LogP contribution in [0.15, 0.2) is 42.6 Å². The lowest BCUT2D eigenvalue weighted by Crippen LogP contribution is -2.49. The first-order valence-corrected chi connectivity index (χ1v) is 9.93. The highest BCUT2D eigenvalue weighted by atomic mass is 19.1. The van der Waals surface area contributed by atoms with Gasteiger partial charge in [0.05, 0.1) is 5.41 Å². The minimum Gasteiger partial charge on any atom is -0.351 e. The van der Waals surface area contributed by atoms with E-state index < -0.39 is 5.41 Å². The molecule has 2 bridgehead atoms. The summed E-state index contributed by atoms with van der Waals surface area (Å²) >= 11 is 0. The summed E-state index contributed by atoms with van der Waals surface area (Å²) in [5.74, 6) is -0.394. The monoisotopic (exact) mass is 383 g/mol. The van der Waals surface area contributed by atoms with Gasteiger partial charge in [-0.1, -0.05) is 25.1 Å². The van der Waals surface area contributed by atoms with Gasteiger partial charge in [0.2, 0.25) is 5.91 Å². The minimum absolute atomic E-state index is 0.00257. The second-order valence-electron chi connectivity index (χ2n) is 7.95. The van der Waals surface area contributed by atoms with E-state index in [4.69, 9.17) is 0 Å². The highest BCUT2D eigenvalue weighted by molar-refractivity contribution is 5.95. The number of carbonyl (C=O) groups is 2. The number of aromatic nitrogens is 1. The van der Waals surface area contributed by atoms with Gasteiger partial charge >= 0.3 is 0 Å². The lowest BCUT2D eigenvalue weighted by Gasteiger charge is -2.35. The maximum atomic E-state index is 13.9. The number of amides is 2. The van der Waals surface area contributed by atoms with Crippen LogP contribution in [0.25, 0.3) is 0 Å². The van der Waals surface area contributed by atoms with Crippen LogP contribution in [0, 0.1) is 11.2 Å². The molecule has 2 saturated heterocycles. The molecule has 2 aromatic rings. The second-order valence-corrected chi connectivity index (χ2v) is 7.95. The van der Waals surface area contributed by atoms with Crippen LogP contribution in [0.2, 0.25) is 0 Å². The molecule has 28 heavy (non-hydrogen) atoms. The Morgan fingerprint density at radius 1 is 1.21 bits per heavy atom. The van der Waals surface area contributed by atoms with Gasteiger partial charge in [-0.3, -0.25) is 9.59 Å². The molecular weight excluding hydrogens is 357 g/mol. The van der Waals surface area contributed by atoms with Crippen molar-refractivity contribution in [3.8, 4) is 0 Å². The topological polar surface area (TPSA) is 54.3 Å². The number of rotatable bonds is 5. The third-order valence-electron chi connectivity index (χ3n) is 6.62. The van der Waals surface area contributed by atoms with Crippen LogP contribution < -0.4 is 5.32 Å². The Kier molecular flexibility index (Phi) is 4.73. The van der Waals surface area contributed by atoms with E-state index >= 15 is 0 Å². The third-order valence-corrected chi connectivity index (χ3v) is 6.62. The Balaban J connectivity index is 1.54. The Hall–Kier alpha value is -2.63. The molecule has 2 aliphatic heterocycles. The first-order valence-electron chi connectivity index (χ1n) is 9.93. The highest BCUT2D eigenvalue weighted by Crippen LogP contribution is 2.52. The van der Waals surface area contributed by atoms with E-state index in [0.717, 1.165) is 12.8 Å². The zero-order chi connectivity index (χ0) is 19.9. The van der Waals surface area contributed by atoms with Crippen molar-refractivity contribution in [3.05, 3.63) is 59.7 Å². The van der Waals surface area contributed by atoms with Crippen molar-refractivity contribution in [2.24, 2.45) is 12.5 Å². The number of hydrogen-bond donors (Lipinski definition) is 1. The average Bonchev–Trinajstić information content (AvgIpc) is 3.39. The molecule has 2 aliphatic rings. The summed E-state index contributed by atoms with van der Waals surface area (Å²) in [6.45, 7) is 2.17. The van der Waals surface area contributed by atoms with E-state index in [-0.39, 0.29) is 36.3 Å². The van der Waals surface area contributed by atoms with Gasteiger partial charge in [0.1, 0.15) is 11.5 Å². The minimum atomic E-state index is -0.602. The number of nitrogens with zero attached hydrogens (tertiary/aromatic N) is 2. The number of fused-ring (bicyclic) bond motifs is 2. The predicted octanol–water partition coefficient (Wildman–Crippen LogP) is 3.25. The van der Waals surface area contributed by atoms with Gasteiger partial charge in [-0.15, -0.1) is 0 Å². The van der Waals surface area contributed by atoms with Crippen molar-refractivity contribution in [2.45, 2.75) is 51.2 Å². The molecule has 1 aromatic carbocycles. The second kappa shape index (κ2) is 7.08. The van der Waals surface area contributed by atoms with Crippen molar-refractivity contribution in [2.75, 3.05) is 0 Å². The summed E-state index contributed by atoms with van der Waals surface area (Å²) in [7, 11) is 1.86. The van der Waals surface area contributed by atoms with E-state index in [1.807, 2.05) is 41.8 Å². The Morgan fingerprint density at radius 2 is 2.00 bits per heavy atom. The number of aryl methyl sites for hydroxylation is 1. The lowest BCUT2D eigenvalue weighted by atomic mass is 9.71. The molecule has 2 amide bonds. The number of carbonyl (C=O) groups excluding carboxylic acids is 2. The summed E-state index contributed by atoms with van der Waals surface area (Å²) in [6.07, 6.45) is 4.96. The summed E-state index contributed by atoms with van der Waals surface area (Å²) in [4.78, 5) is 28.3. The van der Waals surface area contributed by atoms with Crippen LogP contribution in [-0.4, -0.2) is 33.4 Å². The smallest absolute Gasteiger partial charge is 0.270 e. The fourth-order valence-corrected chi connectivity index (χ4v) is 5.08. The Labute approximate surface area is 164 Å². The molecule has 148 valence electrons. The Morgan fingerprint density at radius 3 is 2.68 bits per heavy atom. The fraction of sp³-hybridized carbons (Fsp3) is 0.455. The molecule has 0 radical (unpaired) electrons. The summed E-state index contributed by atoms with van der Waals surface area (Å²) in [5, 5.41) is 2.94. The number of hydrogen-bond acceptors (Lipinski definition) is 2. The van der Waals surface area contributed by atoms with Crippen molar-refractivity contribution in [1.29, 1.82) is 0 Å². The Bertz CT molecular complexity index is 909. The molecule has 0 aliphatic carbocycles. The molecular formula is C22H26FN3O2. The van der Waals surface area contributed by atoms with Crippen LogP contribution in [0.4, 0.5) is 4.39 Å². The van der Waals surface area contributed by atoms with E-state index in [9.17, 15) is 14.0 Å². The summed E-state index contributed by atoms with van der Waals surface area (Å²) < 4.78 is 15.7. The molecule has 1 N–H and O–H groups in total. The molecule has 4 rings (SSSR count). The lowest BCUT2D eigenvalue weighted by molar-refractivity contribution is -0.133. The van der Waals surface area contributed by atoms with Crippen LogP contribution in [0.3, 0.4) is 0 Å². The first kappa shape index (κ1) is 18.7. The SMILES string of the molecule is CC[C@@]1(C(=O)NCc2ccccc2F)C[C@@H]2CC[C@H]1N2C(=O)c1cccn1C. The van der Waals surface area contributed by atoms with Gasteiger partial charge in [0.15, 0.2) is 0 Å². The van der Waals surface area contributed by atoms with Gasteiger partial charge in [-0.2, -0.15) is 0 Å². The van der Waals surface area contributed by atoms with E-state index in [0.29, 0.717) is 24.1 Å². The van der Waals surface area contributed by atoms with Crippen LogP contribution in [0.5, 0.6) is 0 Å². The predicted molar refractivity (Wildman–Crippen MR) is 104 cm³/mol. The van der Waals surface area contributed by atoms with E-state index in [1.54, 1.807) is 18.2 Å². The number of halogens is 1. The van der Waals surface area contributed by atoms with Gasteiger partial charge in [-0.25, -0.2) is 4.39 Å². The molecule has 0 spiro atoms. The molecule has 2 fully saturated rings. The number of benzene rings is 1. The van der Waals surface area contributed by atoms with Crippen molar-refractivity contribution >= 4 is 11.8 Å². The van der Waals surface area contributed by atoms with Crippen molar-refractivity contribution in [3.63, 3.8) is 0 Å². The number of nitrogens with one attached hydrogen (secondary N) is 1. The van der Waals surface area contributed by atoms with Gasteiger partial charge in [0.25, 0.3) is 5.91 Å². The van der Waals surface area contributed by atoms with Gasteiger partial charge in [0, 0.05) is 37.4 Å². The molecule has 0 unspecified atom stereocenters. The first-order chi connectivity index (χ1) is 13.5. The van der Waals surface area contributed by atoms with Crippen LogP contribution >= 0.6 is 0 Å². The average molecular weight is 383 g/mol. The van der Waals surface area contributed by atoms with Crippen molar-refractivity contribution in [1.82, 2.24) is 14.8 Å². The highest BCUT2D eigenvalue weighted by Gasteiger charge is 2.60. The molecule has 6 heteroatoms. The molecule has 0 saturated carbocycles. The normalized spacial score (nSPS) is 25.9. The van der Waals surface area contributed by atoms with E-state index in [1.165, 1.54) is 6.07 Å². The largest absolute Gasteiger partial charge is 0.351 e. The van der Waals surface area contributed by atoms with Gasteiger partial charge in [-0.05, 0) is 43.9 Å².